The molecule has 0 aliphatic carbocycles. The number of hydrogen-bond donors (Lipinski definition) is 1. The summed E-state index contributed by atoms with van der Waals surface area (Å²) in [6.07, 6.45) is 3.20. The summed E-state index contributed by atoms with van der Waals surface area (Å²) in [6.45, 7) is 3.67. The molecular weight excluding hydrogens is 356 g/mol. The molecule has 0 aromatic heterocycles. The summed E-state index contributed by atoms with van der Waals surface area (Å²) < 4.78 is 0. The van der Waals surface area contributed by atoms with Crippen molar-refractivity contribution in [1.82, 2.24) is 4.90 Å². The summed E-state index contributed by atoms with van der Waals surface area (Å²) in [7, 11) is 0. The number of nitrogens with zero attached hydrogens (tertiary/aromatic N) is 1. The molecule has 0 unspecified atom stereocenters. The Morgan fingerprint density at radius 3 is 2.17 bits per heavy atom. The maximum absolute atomic E-state index is 12.6. The van der Waals surface area contributed by atoms with Gasteiger partial charge >= 0.3 is 6.03 Å². The molecule has 1 saturated heterocycles. The first-order chi connectivity index (χ1) is 14.2. The van der Waals surface area contributed by atoms with Crippen molar-refractivity contribution in [2.75, 3.05) is 18.4 Å². The van der Waals surface area contributed by atoms with E-state index in [0.717, 1.165) is 43.6 Å². The molecule has 1 heterocycles. The first-order valence-electron chi connectivity index (χ1n) is 10.4. The van der Waals surface area contributed by atoms with Crippen molar-refractivity contribution in [3.63, 3.8) is 0 Å². The van der Waals surface area contributed by atoms with Gasteiger partial charge in [-0.3, -0.25) is 0 Å². The minimum absolute atomic E-state index is 0.0185. The summed E-state index contributed by atoms with van der Waals surface area (Å²) >= 11 is 0. The number of likely N-dealkylation sites (tertiary alicyclic amines) is 1. The molecule has 4 rings (SSSR count). The van der Waals surface area contributed by atoms with Gasteiger partial charge in [0.2, 0.25) is 0 Å². The number of urea groups is 1. The van der Waals surface area contributed by atoms with E-state index in [0.29, 0.717) is 5.92 Å². The van der Waals surface area contributed by atoms with Crippen molar-refractivity contribution < 1.29 is 4.79 Å². The third kappa shape index (κ3) is 4.86. The highest BCUT2D eigenvalue weighted by molar-refractivity contribution is 5.90. The number of piperidine rings is 1. The smallest absolute Gasteiger partial charge is 0.321 e. The fourth-order valence-corrected chi connectivity index (χ4v) is 4.04. The molecule has 3 aromatic rings. The van der Waals surface area contributed by atoms with E-state index in [-0.39, 0.29) is 6.03 Å². The van der Waals surface area contributed by atoms with Gasteiger partial charge in [0.25, 0.3) is 0 Å². The molecule has 3 nitrogen and oxygen atoms in total. The summed E-state index contributed by atoms with van der Waals surface area (Å²) in [5.41, 5.74) is 5.89. The second kappa shape index (κ2) is 8.95. The molecule has 1 fully saturated rings. The van der Waals surface area contributed by atoms with E-state index in [1.807, 2.05) is 42.2 Å². The molecule has 1 N–H and O–H groups in total. The van der Waals surface area contributed by atoms with Gasteiger partial charge in [0, 0.05) is 18.8 Å². The van der Waals surface area contributed by atoms with E-state index >= 15 is 0 Å². The predicted octanol–water partition coefficient (Wildman–Crippen LogP) is 6.15. The molecule has 3 heteroatoms. The SMILES string of the molecule is Cc1ccccc1NC(=O)N1CCC(Cc2ccc(-c3ccccc3)cc2)CC1. The van der Waals surface area contributed by atoms with Crippen LogP contribution in [0.15, 0.2) is 78.9 Å². The Kier molecular flexibility index (Phi) is 5.95. The highest BCUT2D eigenvalue weighted by Crippen LogP contribution is 2.25. The molecule has 0 radical (unpaired) electrons. The number of nitrogens with one attached hydrogen (secondary N) is 1. The Morgan fingerprint density at radius 2 is 1.48 bits per heavy atom. The van der Waals surface area contributed by atoms with Crippen molar-refractivity contribution in [1.29, 1.82) is 0 Å². The minimum atomic E-state index is 0.0185. The zero-order valence-corrected chi connectivity index (χ0v) is 17.0. The van der Waals surface area contributed by atoms with E-state index in [9.17, 15) is 4.79 Å². The third-order valence-electron chi connectivity index (χ3n) is 5.87. The molecule has 0 saturated carbocycles. The zero-order valence-electron chi connectivity index (χ0n) is 17.0. The third-order valence-corrected chi connectivity index (χ3v) is 5.87. The van der Waals surface area contributed by atoms with Crippen LogP contribution >= 0.6 is 0 Å². The second-order valence-electron chi connectivity index (χ2n) is 7.94. The second-order valence-corrected chi connectivity index (χ2v) is 7.94. The molecule has 29 heavy (non-hydrogen) atoms. The topological polar surface area (TPSA) is 32.3 Å². The maximum Gasteiger partial charge on any atom is 0.321 e. The number of carbonyl (C=O) groups excluding carboxylic acids is 1. The van der Waals surface area contributed by atoms with E-state index in [1.54, 1.807) is 0 Å². The molecule has 0 atom stereocenters. The first kappa shape index (κ1) is 19.3. The highest BCUT2D eigenvalue weighted by atomic mass is 16.2. The summed E-state index contributed by atoms with van der Waals surface area (Å²) in [5, 5.41) is 3.05. The van der Waals surface area contributed by atoms with Crippen molar-refractivity contribution >= 4 is 11.7 Å². The Hall–Kier alpha value is -3.07. The Morgan fingerprint density at radius 1 is 0.862 bits per heavy atom. The molecule has 0 spiro atoms. The average Bonchev–Trinajstić information content (AvgIpc) is 2.77. The molecular formula is C26H28N2O. The summed E-state index contributed by atoms with van der Waals surface area (Å²) in [6, 6.07) is 27.4. The van der Waals surface area contributed by atoms with Crippen molar-refractivity contribution in [2.24, 2.45) is 5.92 Å². The number of carbonyl (C=O) groups is 1. The van der Waals surface area contributed by atoms with Gasteiger partial charge in [-0.25, -0.2) is 4.79 Å². The van der Waals surface area contributed by atoms with Crippen LogP contribution in [0.25, 0.3) is 11.1 Å². The first-order valence-corrected chi connectivity index (χ1v) is 10.4. The fraction of sp³-hybridized carbons (Fsp3) is 0.269. The van der Waals surface area contributed by atoms with E-state index in [1.165, 1.54) is 16.7 Å². The van der Waals surface area contributed by atoms with Gasteiger partial charge in [-0.15, -0.1) is 0 Å². The van der Waals surface area contributed by atoms with Crippen LogP contribution < -0.4 is 5.32 Å². The lowest BCUT2D eigenvalue weighted by molar-refractivity contribution is 0.182. The van der Waals surface area contributed by atoms with E-state index < -0.39 is 0 Å². The van der Waals surface area contributed by atoms with Crippen LogP contribution in [-0.4, -0.2) is 24.0 Å². The van der Waals surface area contributed by atoms with Crippen molar-refractivity contribution in [2.45, 2.75) is 26.2 Å². The minimum Gasteiger partial charge on any atom is -0.325 e. The van der Waals surface area contributed by atoms with Crippen LogP contribution in [0.4, 0.5) is 10.5 Å². The Labute approximate surface area is 173 Å². The Bertz CT molecular complexity index is 942. The monoisotopic (exact) mass is 384 g/mol. The number of benzene rings is 3. The van der Waals surface area contributed by atoms with Crippen LogP contribution in [0.5, 0.6) is 0 Å². The molecule has 148 valence electrons. The maximum atomic E-state index is 12.6. The Balaban J connectivity index is 1.29. The standard InChI is InChI=1S/C26H28N2O/c1-20-7-5-6-10-25(20)27-26(29)28-17-15-22(16-18-28)19-21-11-13-24(14-12-21)23-8-3-2-4-9-23/h2-14,22H,15-19H2,1H3,(H,27,29). The lowest BCUT2D eigenvalue weighted by Crippen LogP contribution is -2.41. The molecule has 2 amide bonds. The van der Waals surface area contributed by atoms with Crippen molar-refractivity contribution in [3.05, 3.63) is 90.0 Å². The normalized spacial score (nSPS) is 14.6. The summed E-state index contributed by atoms with van der Waals surface area (Å²) in [4.78, 5) is 14.5. The van der Waals surface area contributed by atoms with E-state index in [2.05, 4.69) is 53.8 Å². The van der Waals surface area contributed by atoms with Crippen LogP contribution in [0.3, 0.4) is 0 Å². The largest absolute Gasteiger partial charge is 0.325 e. The van der Waals surface area contributed by atoms with Crippen molar-refractivity contribution in [3.8, 4) is 11.1 Å². The average molecular weight is 385 g/mol. The fourth-order valence-electron chi connectivity index (χ4n) is 4.04. The van der Waals surface area contributed by atoms with Crippen LogP contribution in [0.2, 0.25) is 0 Å². The van der Waals surface area contributed by atoms with Crippen LogP contribution in [-0.2, 0) is 6.42 Å². The van der Waals surface area contributed by atoms with Gasteiger partial charge in [0.15, 0.2) is 0 Å². The van der Waals surface area contributed by atoms with Crippen LogP contribution in [0, 0.1) is 12.8 Å². The summed E-state index contributed by atoms with van der Waals surface area (Å²) in [5.74, 6) is 0.639. The number of para-hydroxylation sites is 1. The number of anilines is 1. The van der Waals surface area contributed by atoms with Gasteiger partial charge in [-0.05, 0) is 60.4 Å². The number of rotatable bonds is 4. The molecule has 1 aliphatic heterocycles. The lowest BCUT2D eigenvalue weighted by atomic mass is 9.89. The number of aryl methyl sites for hydroxylation is 1. The zero-order chi connectivity index (χ0) is 20.1. The van der Waals surface area contributed by atoms with Gasteiger partial charge in [-0.2, -0.15) is 0 Å². The molecule has 3 aromatic carbocycles. The van der Waals surface area contributed by atoms with Gasteiger partial charge in [0.05, 0.1) is 0 Å². The predicted molar refractivity (Wildman–Crippen MR) is 120 cm³/mol. The van der Waals surface area contributed by atoms with Gasteiger partial charge < -0.3 is 10.2 Å². The number of hydrogen-bond acceptors (Lipinski definition) is 1. The molecule has 1 aliphatic rings. The highest BCUT2D eigenvalue weighted by Gasteiger charge is 2.23. The van der Waals surface area contributed by atoms with Crippen LogP contribution in [0.1, 0.15) is 24.0 Å². The van der Waals surface area contributed by atoms with E-state index in [4.69, 9.17) is 0 Å². The van der Waals surface area contributed by atoms with Gasteiger partial charge in [0.1, 0.15) is 0 Å². The molecule has 0 bridgehead atoms. The quantitative estimate of drug-likeness (QED) is 0.575. The number of amides is 2. The lowest BCUT2D eigenvalue weighted by Gasteiger charge is -2.32. The van der Waals surface area contributed by atoms with Gasteiger partial charge in [-0.1, -0.05) is 72.8 Å².